The van der Waals surface area contributed by atoms with E-state index in [1.807, 2.05) is 0 Å². The van der Waals surface area contributed by atoms with Gasteiger partial charge in [0.1, 0.15) is 0 Å². The fourth-order valence-electron chi connectivity index (χ4n) is 1.57. The molecule has 0 unspecified atom stereocenters. The first-order valence-corrected chi connectivity index (χ1v) is 4.51. The largest absolute Gasteiger partial charge is 0.302 e. The van der Waals surface area contributed by atoms with E-state index in [1.54, 1.807) is 0 Å². The summed E-state index contributed by atoms with van der Waals surface area (Å²) in [6.07, 6.45) is 1.30. The minimum absolute atomic E-state index is 0.713. The van der Waals surface area contributed by atoms with Crippen LogP contribution in [0.1, 0.15) is 20.3 Å². The van der Waals surface area contributed by atoms with E-state index in [4.69, 9.17) is 0 Å². The monoisotopic (exact) mass is 156 g/mol. The summed E-state index contributed by atoms with van der Waals surface area (Å²) in [6.45, 7) is 7.06. The molecule has 2 nitrogen and oxygen atoms in total. The van der Waals surface area contributed by atoms with Gasteiger partial charge >= 0.3 is 0 Å². The second-order valence-electron chi connectivity index (χ2n) is 3.91. The highest BCUT2D eigenvalue weighted by atomic mass is 15.2. The Labute approximate surface area is 70.2 Å². The van der Waals surface area contributed by atoms with Crippen molar-refractivity contribution in [1.29, 1.82) is 0 Å². The molecule has 0 aromatic heterocycles. The molecule has 0 aromatic carbocycles. The summed E-state index contributed by atoms with van der Waals surface area (Å²) in [5, 5.41) is 0. The lowest BCUT2D eigenvalue weighted by atomic mass is 10.2. The van der Waals surface area contributed by atoms with Crippen molar-refractivity contribution in [3.05, 3.63) is 0 Å². The molecule has 0 aliphatic carbocycles. The van der Waals surface area contributed by atoms with Crippen LogP contribution in [0.4, 0.5) is 0 Å². The van der Waals surface area contributed by atoms with Crippen LogP contribution in [-0.2, 0) is 0 Å². The quantitative estimate of drug-likeness (QED) is 0.517. The van der Waals surface area contributed by atoms with E-state index >= 15 is 0 Å². The van der Waals surface area contributed by atoms with E-state index in [0.717, 1.165) is 6.04 Å². The van der Waals surface area contributed by atoms with Crippen molar-refractivity contribution in [2.45, 2.75) is 32.4 Å². The number of hydrogen-bond donors (Lipinski definition) is 0. The van der Waals surface area contributed by atoms with Crippen LogP contribution >= 0.6 is 0 Å². The normalized spacial score (nSPS) is 37.1. The second-order valence-corrected chi connectivity index (χ2v) is 3.91. The van der Waals surface area contributed by atoms with Gasteiger partial charge in [0.15, 0.2) is 0 Å². The molecular formula is C9H20N2. The third kappa shape index (κ3) is 2.17. The topological polar surface area (TPSA) is 6.48 Å². The van der Waals surface area contributed by atoms with Crippen LogP contribution in [0.2, 0.25) is 0 Å². The first-order chi connectivity index (χ1) is 5.11. The van der Waals surface area contributed by atoms with Crippen LogP contribution in [0.25, 0.3) is 0 Å². The maximum atomic E-state index is 2.45. The van der Waals surface area contributed by atoms with Gasteiger partial charge in [-0.05, 0) is 40.9 Å². The van der Waals surface area contributed by atoms with E-state index in [-0.39, 0.29) is 0 Å². The Morgan fingerprint density at radius 1 is 1.00 bits per heavy atom. The third-order valence-corrected chi connectivity index (χ3v) is 2.96. The molecule has 11 heavy (non-hydrogen) atoms. The SMILES string of the molecule is C[C@@H]1CN(C)[C@H](C)CCN1C. The number of hydrogen-bond acceptors (Lipinski definition) is 2. The van der Waals surface area contributed by atoms with Crippen molar-refractivity contribution in [2.24, 2.45) is 0 Å². The molecule has 66 valence electrons. The Morgan fingerprint density at radius 3 is 2.27 bits per heavy atom. The Kier molecular flexibility index (Phi) is 2.90. The van der Waals surface area contributed by atoms with Crippen LogP contribution in [-0.4, -0.2) is 49.1 Å². The van der Waals surface area contributed by atoms with Crippen LogP contribution < -0.4 is 0 Å². The lowest BCUT2D eigenvalue weighted by Crippen LogP contribution is -2.36. The van der Waals surface area contributed by atoms with Crippen molar-refractivity contribution in [3.63, 3.8) is 0 Å². The summed E-state index contributed by atoms with van der Waals surface area (Å²) < 4.78 is 0. The summed E-state index contributed by atoms with van der Waals surface area (Å²) in [7, 11) is 4.44. The average Bonchev–Trinajstić information content (AvgIpc) is 2.05. The fraction of sp³-hybridized carbons (Fsp3) is 1.00. The van der Waals surface area contributed by atoms with Crippen molar-refractivity contribution < 1.29 is 0 Å². The lowest BCUT2D eigenvalue weighted by Gasteiger charge is -2.24. The summed E-state index contributed by atoms with van der Waals surface area (Å²) in [5.41, 5.74) is 0. The molecule has 1 fully saturated rings. The molecular weight excluding hydrogens is 136 g/mol. The highest BCUT2D eigenvalue weighted by Gasteiger charge is 2.20. The first kappa shape index (κ1) is 9.01. The van der Waals surface area contributed by atoms with Crippen molar-refractivity contribution in [2.75, 3.05) is 27.2 Å². The standard InChI is InChI=1S/C9H20N2/c1-8-5-6-10(3)9(2)7-11(8)4/h8-9H,5-7H2,1-4H3/t8-,9-/m1/s1. The minimum Gasteiger partial charge on any atom is -0.302 e. The van der Waals surface area contributed by atoms with E-state index in [9.17, 15) is 0 Å². The van der Waals surface area contributed by atoms with E-state index in [0.29, 0.717) is 6.04 Å². The number of rotatable bonds is 0. The molecule has 1 aliphatic heterocycles. The molecule has 2 heteroatoms. The predicted octanol–water partition coefficient (Wildman–Crippen LogP) is 1.03. The van der Waals surface area contributed by atoms with Gasteiger partial charge < -0.3 is 9.80 Å². The number of likely N-dealkylation sites (N-methyl/N-ethyl adjacent to an activating group) is 2. The van der Waals surface area contributed by atoms with Gasteiger partial charge in [0.25, 0.3) is 0 Å². The van der Waals surface area contributed by atoms with Crippen LogP contribution in [0.15, 0.2) is 0 Å². The number of nitrogens with zero attached hydrogens (tertiary/aromatic N) is 2. The Hall–Kier alpha value is -0.0800. The minimum atomic E-state index is 0.713. The zero-order chi connectivity index (χ0) is 8.43. The molecule has 1 rings (SSSR count). The van der Waals surface area contributed by atoms with Gasteiger partial charge in [0, 0.05) is 18.6 Å². The molecule has 0 radical (unpaired) electrons. The van der Waals surface area contributed by atoms with Gasteiger partial charge in [-0.15, -0.1) is 0 Å². The highest BCUT2D eigenvalue weighted by Crippen LogP contribution is 2.11. The zero-order valence-electron chi connectivity index (χ0n) is 8.17. The van der Waals surface area contributed by atoms with E-state index < -0.39 is 0 Å². The molecule has 0 saturated carbocycles. The second kappa shape index (κ2) is 3.55. The van der Waals surface area contributed by atoms with Crippen molar-refractivity contribution in [1.82, 2.24) is 9.80 Å². The maximum absolute atomic E-state index is 2.45. The summed E-state index contributed by atoms with van der Waals surface area (Å²) in [4.78, 5) is 4.90. The van der Waals surface area contributed by atoms with Gasteiger partial charge in [-0.3, -0.25) is 0 Å². The Balaban J connectivity index is 2.51. The maximum Gasteiger partial charge on any atom is 0.0191 e. The Bertz CT molecular complexity index is 111. The van der Waals surface area contributed by atoms with Crippen LogP contribution in [0.3, 0.4) is 0 Å². The van der Waals surface area contributed by atoms with Crippen molar-refractivity contribution in [3.8, 4) is 0 Å². The third-order valence-electron chi connectivity index (χ3n) is 2.96. The molecule has 0 bridgehead atoms. The summed E-state index contributed by atoms with van der Waals surface area (Å²) >= 11 is 0. The van der Waals surface area contributed by atoms with Gasteiger partial charge in [-0.2, -0.15) is 0 Å². The fourth-order valence-corrected chi connectivity index (χ4v) is 1.57. The van der Waals surface area contributed by atoms with E-state index in [1.165, 1.54) is 19.5 Å². The first-order valence-electron chi connectivity index (χ1n) is 4.51. The zero-order valence-corrected chi connectivity index (χ0v) is 8.17. The van der Waals surface area contributed by atoms with E-state index in [2.05, 4.69) is 37.7 Å². The molecule has 1 aliphatic rings. The molecule has 0 spiro atoms. The van der Waals surface area contributed by atoms with Gasteiger partial charge in [0.2, 0.25) is 0 Å². The molecule has 0 amide bonds. The summed E-state index contributed by atoms with van der Waals surface area (Å²) in [5.74, 6) is 0. The van der Waals surface area contributed by atoms with Gasteiger partial charge in [0.05, 0.1) is 0 Å². The molecule has 0 aromatic rings. The molecule has 0 N–H and O–H groups in total. The Morgan fingerprint density at radius 2 is 1.64 bits per heavy atom. The van der Waals surface area contributed by atoms with Gasteiger partial charge in [-0.1, -0.05) is 0 Å². The van der Waals surface area contributed by atoms with Crippen molar-refractivity contribution >= 4 is 0 Å². The smallest absolute Gasteiger partial charge is 0.0191 e. The van der Waals surface area contributed by atoms with Gasteiger partial charge in [-0.25, -0.2) is 0 Å². The molecule has 1 saturated heterocycles. The summed E-state index contributed by atoms with van der Waals surface area (Å²) in [6, 6.07) is 1.47. The average molecular weight is 156 g/mol. The lowest BCUT2D eigenvalue weighted by molar-refractivity contribution is 0.223. The molecule has 1 heterocycles. The molecule has 2 atom stereocenters. The predicted molar refractivity (Wildman–Crippen MR) is 48.8 cm³/mol. The highest BCUT2D eigenvalue weighted by molar-refractivity contribution is 4.76. The van der Waals surface area contributed by atoms with Crippen LogP contribution in [0.5, 0.6) is 0 Å². The van der Waals surface area contributed by atoms with Crippen LogP contribution in [0, 0.1) is 0 Å².